The van der Waals surface area contributed by atoms with Crippen LogP contribution in [0.5, 0.6) is 0 Å². The number of ether oxygens (including phenoxy) is 3. The van der Waals surface area contributed by atoms with E-state index in [-0.39, 0.29) is 16.5 Å². The van der Waals surface area contributed by atoms with Gasteiger partial charge in [0.1, 0.15) is 5.57 Å². The number of halogens is 3. The summed E-state index contributed by atoms with van der Waals surface area (Å²) in [5.74, 6) is -1.56. The van der Waals surface area contributed by atoms with Gasteiger partial charge in [-0.05, 0) is 6.07 Å². The van der Waals surface area contributed by atoms with Crippen molar-refractivity contribution < 1.29 is 53.3 Å². The molecule has 1 aliphatic heterocycles. The lowest BCUT2D eigenvalue weighted by atomic mass is 9.94. The first kappa shape index (κ1) is 24.2. The van der Waals surface area contributed by atoms with Crippen molar-refractivity contribution in [2.24, 2.45) is 0 Å². The van der Waals surface area contributed by atoms with Crippen LogP contribution in [0.25, 0.3) is 5.57 Å². The zero-order chi connectivity index (χ0) is 23.1. The molecule has 0 bridgehead atoms. The molecule has 0 spiro atoms. The first-order valence-corrected chi connectivity index (χ1v) is 10.6. The highest BCUT2D eigenvalue weighted by Gasteiger charge is 2.54. The lowest BCUT2D eigenvalue weighted by molar-refractivity contribution is -0.0742. The Balaban J connectivity index is 3.10. The Hall–Kier alpha value is -2.11. The van der Waals surface area contributed by atoms with Crippen molar-refractivity contribution >= 4 is 37.4 Å². The molecule has 30 heavy (non-hydrogen) atoms. The monoisotopic (exact) mass is 478 g/mol. The summed E-state index contributed by atoms with van der Waals surface area (Å²) in [6.07, 6.45) is -5.33. The van der Waals surface area contributed by atoms with Gasteiger partial charge in [0, 0.05) is 31.0 Å². The fourth-order valence-corrected chi connectivity index (χ4v) is 5.11. The quantitative estimate of drug-likeness (QED) is 0.294. The first-order chi connectivity index (χ1) is 13.7. The minimum absolute atomic E-state index is 0.00434. The van der Waals surface area contributed by atoms with Gasteiger partial charge in [-0.1, -0.05) is 6.07 Å². The molecule has 0 amide bonds. The molecule has 1 unspecified atom stereocenters. The maximum Gasteiger partial charge on any atom is 0.420 e. The topological polar surface area (TPSA) is 166 Å². The molecule has 0 aliphatic carbocycles. The number of fused-ring (bicyclic) bond motifs is 1. The van der Waals surface area contributed by atoms with Crippen LogP contribution in [0.15, 0.2) is 17.9 Å². The lowest BCUT2D eigenvalue weighted by Gasteiger charge is -2.37. The molecule has 0 radical (unpaired) electrons. The van der Waals surface area contributed by atoms with Crippen molar-refractivity contribution in [1.82, 2.24) is 0 Å². The Morgan fingerprint density at radius 1 is 1.13 bits per heavy atom. The van der Waals surface area contributed by atoms with E-state index in [0.717, 1.165) is 19.2 Å². The summed E-state index contributed by atoms with van der Waals surface area (Å²) in [6, 6.07) is 1.86. The summed E-state index contributed by atoms with van der Waals surface area (Å²) in [5, 5.41) is -3.00. The Morgan fingerprint density at radius 3 is 2.17 bits per heavy atom. The van der Waals surface area contributed by atoms with Gasteiger partial charge in [-0.3, -0.25) is 9.11 Å². The maximum atomic E-state index is 14.0. The van der Waals surface area contributed by atoms with Gasteiger partial charge >= 0.3 is 16.5 Å². The van der Waals surface area contributed by atoms with Crippen molar-refractivity contribution in [3.63, 3.8) is 0 Å². The van der Waals surface area contributed by atoms with Gasteiger partial charge in [-0.2, -0.15) is 30.0 Å². The molecule has 1 atom stereocenters. The predicted octanol–water partition coefficient (Wildman–Crippen LogP) is 1.15. The standard InChI is InChI=1S/C14H17F3N2O9S2/c1-26-5-7-3-4-8-9(11(7)18)10(14(15,16)17)12(28-6-27-2)13(29(20,21)22)19(8)30(23,24)25/h3-4,13H,5-6,18H2,1-2H3,(H,20,21,22)(H,23,24,25). The Labute approximate surface area is 169 Å². The van der Waals surface area contributed by atoms with Crippen molar-refractivity contribution in [3.05, 3.63) is 29.0 Å². The van der Waals surface area contributed by atoms with E-state index in [1.807, 2.05) is 0 Å². The van der Waals surface area contributed by atoms with E-state index in [1.54, 1.807) is 0 Å². The molecule has 11 nitrogen and oxygen atoms in total. The number of anilines is 2. The highest BCUT2D eigenvalue weighted by atomic mass is 32.2. The van der Waals surface area contributed by atoms with Crippen LogP contribution in [0.2, 0.25) is 0 Å². The number of nitrogens with zero attached hydrogens (tertiary/aromatic N) is 1. The maximum absolute atomic E-state index is 14.0. The van der Waals surface area contributed by atoms with E-state index >= 15 is 0 Å². The average Bonchev–Trinajstić information content (AvgIpc) is 2.58. The molecule has 1 heterocycles. The highest BCUT2D eigenvalue weighted by molar-refractivity contribution is 7.91. The van der Waals surface area contributed by atoms with Crippen molar-refractivity contribution in [3.8, 4) is 0 Å². The molecular formula is C14H17F3N2O9S2. The van der Waals surface area contributed by atoms with Crippen LogP contribution < -0.4 is 10.0 Å². The van der Waals surface area contributed by atoms with Crippen LogP contribution in [-0.4, -0.2) is 58.5 Å². The van der Waals surface area contributed by atoms with Gasteiger partial charge in [0.15, 0.2) is 12.6 Å². The summed E-state index contributed by atoms with van der Waals surface area (Å²) in [4.78, 5) is 0. The second-order valence-electron chi connectivity index (χ2n) is 5.89. The molecule has 170 valence electrons. The number of allylic oxidation sites excluding steroid dienone is 1. The van der Waals surface area contributed by atoms with E-state index in [1.165, 1.54) is 7.11 Å². The van der Waals surface area contributed by atoms with Gasteiger partial charge in [0.25, 0.3) is 10.1 Å². The van der Waals surface area contributed by atoms with E-state index < -0.39 is 67.0 Å². The summed E-state index contributed by atoms with van der Waals surface area (Å²) < 4.78 is 123. The van der Waals surface area contributed by atoms with Gasteiger partial charge in [-0.25, -0.2) is 4.31 Å². The third-order valence-corrected chi connectivity index (χ3v) is 5.96. The van der Waals surface area contributed by atoms with Crippen LogP contribution in [-0.2, 0) is 41.2 Å². The van der Waals surface area contributed by atoms with Crippen molar-refractivity contribution in [1.29, 1.82) is 0 Å². The van der Waals surface area contributed by atoms with Crippen LogP contribution >= 0.6 is 0 Å². The van der Waals surface area contributed by atoms with Gasteiger partial charge in [0.2, 0.25) is 5.37 Å². The summed E-state index contributed by atoms with van der Waals surface area (Å²) in [5.41, 5.74) is 1.50. The molecule has 0 aromatic heterocycles. The van der Waals surface area contributed by atoms with Crippen molar-refractivity contribution in [2.75, 3.05) is 31.1 Å². The molecule has 4 N–H and O–H groups in total. The summed E-state index contributed by atoms with van der Waals surface area (Å²) >= 11 is 0. The van der Waals surface area contributed by atoms with Crippen LogP contribution in [0.4, 0.5) is 24.5 Å². The number of nitrogens with two attached hydrogens (primary N) is 1. The minimum Gasteiger partial charge on any atom is -0.468 e. The van der Waals surface area contributed by atoms with Crippen LogP contribution in [0.3, 0.4) is 0 Å². The molecule has 1 aromatic carbocycles. The van der Waals surface area contributed by atoms with E-state index in [0.29, 0.717) is 0 Å². The van der Waals surface area contributed by atoms with E-state index in [9.17, 15) is 39.1 Å². The number of hydrogen-bond acceptors (Lipinski definition) is 8. The van der Waals surface area contributed by atoms with Gasteiger partial charge in [0.05, 0.1) is 12.3 Å². The number of alkyl halides is 3. The third kappa shape index (κ3) is 4.47. The number of hydrogen-bond donors (Lipinski definition) is 3. The largest absolute Gasteiger partial charge is 0.468 e. The van der Waals surface area contributed by atoms with Crippen LogP contribution in [0.1, 0.15) is 11.1 Å². The number of rotatable bonds is 7. The van der Waals surface area contributed by atoms with E-state index in [4.69, 9.17) is 15.2 Å². The third-order valence-electron chi connectivity index (χ3n) is 3.93. The van der Waals surface area contributed by atoms with Gasteiger partial charge in [-0.15, -0.1) is 0 Å². The normalized spacial score (nSPS) is 17.8. The SMILES string of the molecule is COCOC1=C(C(F)(F)F)c2c(ccc(COC)c2N)N(S(=O)(=O)O)C1S(=O)(=O)O. The zero-order valence-electron chi connectivity index (χ0n) is 15.4. The average molecular weight is 478 g/mol. The predicted molar refractivity (Wildman–Crippen MR) is 96.9 cm³/mol. The molecule has 2 rings (SSSR count). The molecule has 16 heteroatoms. The first-order valence-electron chi connectivity index (χ1n) is 7.73. The molecule has 0 fully saturated rings. The molecule has 0 saturated heterocycles. The smallest absolute Gasteiger partial charge is 0.420 e. The summed E-state index contributed by atoms with van der Waals surface area (Å²) in [7, 11) is -8.95. The minimum atomic E-state index is -5.62. The second kappa shape index (κ2) is 8.20. The Bertz CT molecular complexity index is 1070. The number of benzene rings is 1. The molecule has 0 saturated carbocycles. The molecule has 1 aromatic rings. The zero-order valence-corrected chi connectivity index (χ0v) is 17.0. The number of nitrogen functional groups attached to an aromatic ring is 1. The Kier molecular flexibility index (Phi) is 6.60. The molecular weight excluding hydrogens is 461 g/mol. The second-order valence-corrected chi connectivity index (χ2v) is 8.66. The lowest BCUT2D eigenvalue weighted by Crippen LogP contribution is -2.50. The number of methoxy groups -OCH3 is 2. The summed E-state index contributed by atoms with van der Waals surface area (Å²) in [6.45, 7) is -1.22. The van der Waals surface area contributed by atoms with Gasteiger partial charge < -0.3 is 19.9 Å². The fourth-order valence-electron chi connectivity index (χ4n) is 2.91. The van der Waals surface area contributed by atoms with Crippen molar-refractivity contribution in [2.45, 2.75) is 18.2 Å². The highest BCUT2D eigenvalue weighted by Crippen LogP contribution is 2.51. The molecule has 1 aliphatic rings. The Morgan fingerprint density at radius 2 is 1.73 bits per heavy atom. The van der Waals surface area contributed by atoms with E-state index in [2.05, 4.69) is 4.74 Å². The van der Waals surface area contributed by atoms with Crippen LogP contribution in [0, 0.1) is 0 Å². The fraction of sp³-hybridized carbons (Fsp3) is 0.429.